The van der Waals surface area contributed by atoms with Crippen molar-refractivity contribution in [2.45, 2.75) is 13.0 Å². The molecule has 0 fully saturated rings. The Morgan fingerprint density at radius 2 is 2.05 bits per heavy atom. The third-order valence-electron chi connectivity index (χ3n) is 3.68. The molecule has 0 aromatic heterocycles. The van der Waals surface area contributed by atoms with Crippen molar-refractivity contribution < 1.29 is 9.53 Å². The van der Waals surface area contributed by atoms with Crippen molar-refractivity contribution >= 4 is 11.6 Å². The SMILES string of the molecule is NCc1cccc(OCC(=O)N2CCc3ccccc32)c1. The molecule has 3 rings (SSSR count). The molecule has 0 saturated carbocycles. The zero-order chi connectivity index (χ0) is 14.7. The van der Waals surface area contributed by atoms with Gasteiger partial charge in [0.15, 0.2) is 6.61 Å². The van der Waals surface area contributed by atoms with Crippen molar-refractivity contribution in [3.8, 4) is 5.75 Å². The van der Waals surface area contributed by atoms with E-state index in [2.05, 4.69) is 6.07 Å². The Morgan fingerprint density at radius 3 is 2.90 bits per heavy atom. The summed E-state index contributed by atoms with van der Waals surface area (Å²) in [6.07, 6.45) is 0.907. The highest BCUT2D eigenvalue weighted by molar-refractivity contribution is 5.96. The molecule has 0 spiro atoms. The van der Waals surface area contributed by atoms with Gasteiger partial charge in [-0.3, -0.25) is 4.79 Å². The molecule has 1 aliphatic heterocycles. The van der Waals surface area contributed by atoms with Crippen molar-refractivity contribution in [2.75, 3.05) is 18.1 Å². The van der Waals surface area contributed by atoms with Gasteiger partial charge in [0.05, 0.1) is 0 Å². The Morgan fingerprint density at radius 1 is 1.19 bits per heavy atom. The van der Waals surface area contributed by atoms with Crippen LogP contribution in [0.4, 0.5) is 5.69 Å². The van der Waals surface area contributed by atoms with Gasteiger partial charge in [0.2, 0.25) is 0 Å². The van der Waals surface area contributed by atoms with E-state index in [9.17, 15) is 4.79 Å². The number of nitrogens with two attached hydrogens (primary N) is 1. The van der Waals surface area contributed by atoms with Gasteiger partial charge in [-0.2, -0.15) is 0 Å². The molecule has 0 saturated heterocycles. The summed E-state index contributed by atoms with van der Waals surface area (Å²) in [6.45, 7) is 1.23. The Hall–Kier alpha value is -2.33. The van der Waals surface area contributed by atoms with Crippen molar-refractivity contribution in [1.29, 1.82) is 0 Å². The zero-order valence-electron chi connectivity index (χ0n) is 11.8. The van der Waals surface area contributed by atoms with Gasteiger partial charge >= 0.3 is 0 Å². The second kappa shape index (κ2) is 5.97. The summed E-state index contributed by atoms with van der Waals surface area (Å²) in [4.78, 5) is 14.1. The predicted octanol–water partition coefficient (Wildman–Crippen LogP) is 2.11. The average Bonchev–Trinajstić information content (AvgIpc) is 2.97. The maximum atomic E-state index is 12.3. The molecule has 2 aromatic rings. The van der Waals surface area contributed by atoms with E-state index in [1.807, 2.05) is 42.5 Å². The number of para-hydroxylation sites is 1. The second-order valence-electron chi connectivity index (χ2n) is 5.06. The summed E-state index contributed by atoms with van der Waals surface area (Å²) in [5.74, 6) is 0.664. The molecule has 2 aromatic carbocycles. The van der Waals surface area contributed by atoms with Crippen LogP contribution in [0.15, 0.2) is 48.5 Å². The third kappa shape index (κ3) is 2.90. The van der Waals surface area contributed by atoms with Crippen LogP contribution in [-0.4, -0.2) is 19.1 Å². The first-order valence-corrected chi connectivity index (χ1v) is 7.08. The van der Waals surface area contributed by atoms with Crippen LogP contribution >= 0.6 is 0 Å². The molecule has 4 heteroatoms. The van der Waals surface area contributed by atoms with E-state index in [0.29, 0.717) is 12.3 Å². The lowest BCUT2D eigenvalue weighted by Gasteiger charge is -2.17. The quantitative estimate of drug-likeness (QED) is 0.934. The van der Waals surface area contributed by atoms with Crippen LogP contribution in [0.1, 0.15) is 11.1 Å². The summed E-state index contributed by atoms with van der Waals surface area (Å²) in [6, 6.07) is 15.5. The van der Waals surface area contributed by atoms with Gasteiger partial charge < -0.3 is 15.4 Å². The molecule has 0 aliphatic carbocycles. The lowest BCUT2D eigenvalue weighted by molar-refractivity contribution is -0.120. The third-order valence-corrected chi connectivity index (χ3v) is 3.68. The van der Waals surface area contributed by atoms with Gasteiger partial charge in [-0.05, 0) is 35.7 Å². The van der Waals surface area contributed by atoms with Crippen LogP contribution in [0.25, 0.3) is 0 Å². The molecule has 1 aliphatic rings. The van der Waals surface area contributed by atoms with Gasteiger partial charge in [-0.25, -0.2) is 0 Å². The van der Waals surface area contributed by atoms with Crippen molar-refractivity contribution in [3.63, 3.8) is 0 Å². The van der Waals surface area contributed by atoms with Crippen molar-refractivity contribution in [1.82, 2.24) is 0 Å². The van der Waals surface area contributed by atoms with Crippen LogP contribution in [0, 0.1) is 0 Å². The van der Waals surface area contributed by atoms with E-state index in [-0.39, 0.29) is 12.5 Å². The monoisotopic (exact) mass is 282 g/mol. The van der Waals surface area contributed by atoms with E-state index in [1.54, 1.807) is 4.90 Å². The van der Waals surface area contributed by atoms with E-state index in [0.717, 1.165) is 24.2 Å². The number of anilines is 1. The van der Waals surface area contributed by atoms with E-state index in [4.69, 9.17) is 10.5 Å². The fourth-order valence-electron chi connectivity index (χ4n) is 2.58. The number of hydrogen-bond acceptors (Lipinski definition) is 3. The Balaban J connectivity index is 1.65. The minimum Gasteiger partial charge on any atom is -0.484 e. The van der Waals surface area contributed by atoms with E-state index >= 15 is 0 Å². The maximum Gasteiger partial charge on any atom is 0.264 e. The molecular formula is C17H18N2O2. The van der Waals surface area contributed by atoms with Gasteiger partial charge in [0, 0.05) is 18.8 Å². The summed E-state index contributed by atoms with van der Waals surface area (Å²) in [7, 11) is 0. The lowest BCUT2D eigenvalue weighted by Crippen LogP contribution is -2.33. The van der Waals surface area contributed by atoms with Crippen molar-refractivity contribution in [2.24, 2.45) is 5.73 Å². The molecule has 1 amide bonds. The number of hydrogen-bond donors (Lipinski definition) is 1. The molecule has 4 nitrogen and oxygen atoms in total. The topological polar surface area (TPSA) is 55.6 Å². The normalized spacial score (nSPS) is 13.1. The Labute approximate surface area is 124 Å². The van der Waals surface area contributed by atoms with E-state index < -0.39 is 0 Å². The highest BCUT2D eigenvalue weighted by Crippen LogP contribution is 2.27. The van der Waals surface area contributed by atoms with Gasteiger partial charge in [0.25, 0.3) is 5.91 Å². The second-order valence-corrected chi connectivity index (χ2v) is 5.06. The van der Waals surface area contributed by atoms with Crippen LogP contribution in [0.3, 0.4) is 0 Å². The predicted molar refractivity (Wildman–Crippen MR) is 82.3 cm³/mol. The minimum atomic E-state index is -0.0156. The smallest absolute Gasteiger partial charge is 0.264 e. The highest BCUT2D eigenvalue weighted by Gasteiger charge is 2.24. The number of amides is 1. The number of fused-ring (bicyclic) bond motifs is 1. The number of rotatable bonds is 4. The first-order valence-electron chi connectivity index (χ1n) is 7.08. The van der Waals surface area contributed by atoms with Gasteiger partial charge in [-0.1, -0.05) is 30.3 Å². The minimum absolute atomic E-state index is 0.0156. The first-order chi connectivity index (χ1) is 10.3. The maximum absolute atomic E-state index is 12.3. The molecule has 0 unspecified atom stereocenters. The Bertz CT molecular complexity index is 655. The molecule has 108 valence electrons. The highest BCUT2D eigenvalue weighted by atomic mass is 16.5. The lowest BCUT2D eigenvalue weighted by atomic mass is 10.2. The summed E-state index contributed by atoms with van der Waals surface area (Å²) < 4.78 is 5.59. The number of carbonyl (C=O) groups is 1. The zero-order valence-corrected chi connectivity index (χ0v) is 11.8. The molecule has 0 bridgehead atoms. The first kappa shape index (κ1) is 13.6. The summed E-state index contributed by atoms with van der Waals surface area (Å²) in [5, 5.41) is 0. The fraction of sp³-hybridized carbons (Fsp3) is 0.235. The fourth-order valence-corrected chi connectivity index (χ4v) is 2.58. The van der Waals surface area contributed by atoms with Crippen molar-refractivity contribution in [3.05, 3.63) is 59.7 Å². The van der Waals surface area contributed by atoms with Crippen LogP contribution in [-0.2, 0) is 17.8 Å². The number of benzene rings is 2. The van der Waals surface area contributed by atoms with Crippen LogP contribution in [0.5, 0.6) is 5.75 Å². The van der Waals surface area contributed by atoms with Gasteiger partial charge in [-0.15, -0.1) is 0 Å². The average molecular weight is 282 g/mol. The number of nitrogens with zero attached hydrogens (tertiary/aromatic N) is 1. The molecule has 2 N–H and O–H groups in total. The summed E-state index contributed by atoms with van der Waals surface area (Å²) >= 11 is 0. The molecule has 21 heavy (non-hydrogen) atoms. The largest absolute Gasteiger partial charge is 0.484 e. The standard InChI is InChI=1S/C17H18N2O2/c18-11-13-4-3-6-15(10-13)21-12-17(20)19-9-8-14-5-1-2-7-16(14)19/h1-7,10H,8-9,11-12,18H2. The molecule has 1 heterocycles. The van der Waals surface area contributed by atoms with Crippen LogP contribution < -0.4 is 15.4 Å². The Kier molecular flexibility index (Phi) is 3.88. The van der Waals surface area contributed by atoms with Crippen LogP contribution in [0.2, 0.25) is 0 Å². The number of ether oxygens (including phenoxy) is 1. The van der Waals surface area contributed by atoms with E-state index in [1.165, 1.54) is 5.56 Å². The molecule has 0 atom stereocenters. The molecular weight excluding hydrogens is 264 g/mol. The number of carbonyl (C=O) groups excluding carboxylic acids is 1. The summed E-state index contributed by atoms with van der Waals surface area (Å²) in [5.41, 5.74) is 8.81. The molecule has 0 radical (unpaired) electrons. The van der Waals surface area contributed by atoms with Gasteiger partial charge in [0.1, 0.15) is 5.75 Å².